The molecule has 1 aliphatic carbocycles. The molecule has 1 heteroatoms. The first kappa shape index (κ1) is 8.06. The number of hydrogen-bond donors (Lipinski definition) is 1. The summed E-state index contributed by atoms with van der Waals surface area (Å²) in [6, 6.07) is 0. The Balaban J connectivity index is 2.59. The van der Waals surface area contributed by atoms with E-state index in [9.17, 15) is 5.11 Å². The fourth-order valence-electron chi connectivity index (χ4n) is 2.23. The van der Waals surface area contributed by atoms with Gasteiger partial charge in [0.1, 0.15) is 0 Å². The summed E-state index contributed by atoms with van der Waals surface area (Å²) in [4.78, 5) is 0. The van der Waals surface area contributed by atoms with Crippen LogP contribution in [0.5, 0.6) is 0 Å². The molecule has 0 aromatic carbocycles. The van der Waals surface area contributed by atoms with Gasteiger partial charge in [0.05, 0.1) is 5.60 Å². The summed E-state index contributed by atoms with van der Waals surface area (Å²) < 4.78 is 0. The van der Waals surface area contributed by atoms with Crippen molar-refractivity contribution < 1.29 is 5.11 Å². The summed E-state index contributed by atoms with van der Waals surface area (Å²) in [5.41, 5.74) is -0.367. The van der Waals surface area contributed by atoms with E-state index in [1.54, 1.807) is 0 Å². The van der Waals surface area contributed by atoms with Crippen molar-refractivity contribution in [1.82, 2.24) is 0 Å². The molecule has 1 N–H and O–H groups in total. The highest BCUT2D eigenvalue weighted by Gasteiger charge is 2.37. The van der Waals surface area contributed by atoms with Crippen molar-refractivity contribution in [2.24, 2.45) is 11.8 Å². The fourth-order valence-corrected chi connectivity index (χ4v) is 2.23. The molecule has 0 radical (unpaired) electrons. The van der Waals surface area contributed by atoms with Crippen LogP contribution in [0.1, 0.15) is 40.0 Å². The molecule has 0 heterocycles. The molecule has 1 saturated carbocycles. The maximum absolute atomic E-state index is 9.82. The molecule has 0 saturated heterocycles. The Bertz CT molecular complexity index is 116. The average Bonchev–Trinajstić information content (AvgIpc) is 2.08. The van der Waals surface area contributed by atoms with Gasteiger partial charge in [-0.05, 0) is 31.6 Å². The van der Waals surface area contributed by atoms with E-state index in [1.165, 1.54) is 12.8 Å². The predicted octanol–water partition coefficient (Wildman–Crippen LogP) is 2.19. The molecule has 60 valence electrons. The van der Waals surface area contributed by atoms with Crippen molar-refractivity contribution in [2.75, 3.05) is 0 Å². The molecule has 0 bridgehead atoms. The Morgan fingerprint density at radius 2 is 2.10 bits per heavy atom. The number of hydrogen-bond acceptors (Lipinski definition) is 1. The minimum Gasteiger partial charge on any atom is -0.390 e. The zero-order valence-electron chi connectivity index (χ0n) is 7.22. The van der Waals surface area contributed by atoms with Gasteiger partial charge >= 0.3 is 0 Å². The summed E-state index contributed by atoms with van der Waals surface area (Å²) in [5, 5.41) is 9.82. The van der Waals surface area contributed by atoms with Gasteiger partial charge < -0.3 is 5.11 Å². The van der Waals surface area contributed by atoms with Crippen LogP contribution in [0, 0.1) is 11.8 Å². The maximum Gasteiger partial charge on any atom is 0.0650 e. The Kier molecular flexibility index (Phi) is 2.04. The first-order valence-electron chi connectivity index (χ1n) is 4.26. The van der Waals surface area contributed by atoms with Crippen LogP contribution in [-0.2, 0) is 0 Å². The van der Waals surface area contributed by atoms with Crippen LogP contribution in [0.3, 0.4) is 0 Å². The van der Waals surface area contributed by atoms with Crippen LogP contribution < -0.4 is 0 Å². The molecule has 0 unspecified atom stereocenters. The van der Waals surface area contributed by atoms with Gasteiger partial charge in [0, 0.05) is 0 Å². The van der Waals surface area contributed by atoms with Crippen molar-refractivity contribution in [2.45, 2.75) is 45.6 Å². The van der Waals surface area contributed by atoms with E-state index in [1.807, 2.05) is 6.92 Å². The lowest BCUT2D eigenvalue weighted by Gasteiger charge is -2.28. The zero-order chi connectivity index (χ0) is 7.78. The van der Waals surface area contributed by atoms with Gasteiger partial charge in [-0.1, -0.05) is 20.3 Å². The molecule has 1 fully saturated rings. The first-order valence-corrected chi connectivity index (χ1v) is 4.26. The second kappa shape index (κ2) is 2.54. The monoisotopic (exact) mass is 142 g/mol. The summed E-state index contributed by atoms with van der Waals surface area (Å²) in [6.07, 6.45) is 3.41. The molecule has 2 atom stereocenters. The van der Waals surface area contributed by atoms with Gasteiger partial charge in [0.25, 0.3) is 0 Å². The zero-order valence-corrected chi connectivity index (χ0v) is 7.22. The molecule has 1 rings (SSSR count). The number of aliphatic hydroxyl groups is 1. The van der Waals surface area contributed by atoms with Crippen LogP contribution in [0.2, 0.25) is 0 Å². The third-order valence-electron chi connectivity index (χ3n) is 2.80. The molecular weight excluding hydrogens is 124 g/mol. The molecule has 0 spiro atoms. The van der Waals surface area contributed by atoms with E-state index in [0.29, 0.717) is 11.8 Å². The Morgan fingerprint density at radius 1 is 1.50 bits per heavy atom. The lowest BCUT2D eigenvalue weighted by molar-refractivity contribution is 0.00296. The van der Waals surface area contributed by atoms with Crippen molar-refractivity contribution >= 4 is 0 Å². The van der Waals surface area contributed by atoms with Crippen molar-refractivity contribution in [1.29, 1.82) is 0 Å². The lowest BCUT2D eigenvalue weighted by atomic mass is 9.84. The quantitative estimate of drug-likeness (QED) is 0.595. The summed E-state index contributed by atoms with van der Waals surface area (Å²) in [5.74, 6) is 1.17. The van der Waals surface area contributed by atoms with Gasteiger partial charge in [-0.3, -0.25) is 0 Å². The Labute approximate surface area is 63.4 Å². The smallest absolute Gasteiger partial charge is 0.0650 e. The third kappa shape index (κ3) is 1.34. The molecule has 0 aromatic rings. The second-order valence-electron chi connectivity index (χ2n) is 4.10. The largest absolute Gasteiger partial charge is 0.390 e. The summed E-state index contributed by atoms with van der Waals surface area (Å²) in [7, 11) is 0. The average molecular weight is 142 g/mol. The van der Waals surface area contributed by atoms with Crippen LogP contribution in [-0.4, -0.2) is 10.7 Å². The minimum absolute atomic E-state index is 0.367. The molecule has 0 aliphatic heterocycles. The standard InChI is InChI=1S/C9H18O/c1-7(2)8-5-4-6-9(8,3)10/h7-8,10H,4-6H2,1-3H3/t8-,9-/m1/s1. The minimum atomic E-state index is -0.367. The number of rotatable bonds is 1. The SMILES string of the molecule is CC(C)[C@H]1CCC[C@@]1(C)O. The molecule has 0 aromatic heterocycles. The van der Waals surface area contributed by atoms with Crippen molar-refractivity contribution in [3.8, 4) is 0 Å². The van der Waals surface area contributed by atoms with E-state index in [0.717, 1.165) is 6.42 Å². The lowest BCUT2D eigenvalue weighted by Crippen LogP contribution is -2.32. The van der Waals surface area contributed by atoms with Crippen LogP contribution in [0.4, 0.5) is 0 Å². The molecule has 1 aliphatic rings. The van der Waals surface area contributed by atoms with E-state index in [4.69, 9.17) is 0 Å². The Hall–Kier alpha value is -0.0400. The molecule has 10 heavy (non-hydrogen) atoms. The molecule has 1 nitrogen and oxygen atoms in total. The topological polar surface area (TPSA) is 20.2 Å². The van der Waals surface area contributed by atoms with Gasteiger partial charge in [0.15, 0.2) is 0 Å². The normalized spacial score (nSPS) is 41.1. The van der Waals surface area contributed by atoms with E-state index in [-0.39, 0.29) is 5.60 Å². The fraction of sp³-hybridized carbons (Fsp3) is 1.00. The highest BCUT2D eigenvalue weighted by Crippen LogP contribution is 2.39. The highest BCUT2D eigenvalue weighted by atomic mass is 16.3. The van der Waals surface area contributed by atoms with E-state index in [2.05, 4.69) is 13.8 Å². The van der Waals surface area contributed by atoms with Gasteiger partial charge in [-0.15, -0.1) is 0 Å². The highest BCUT2D eigenvalue weighted by molar-refractivity contribution is 4.89. The predicted molar refractivity (Wildman–Crippen MR) is 42.8 cm³/mol. The van der Waals surface area contributed by atoms with Gasteiger partial charge in [-0.2, -0.15) is 0 Å². The second-order valence-corrected chi connectivity index (χ2v) is 4.10. The van der Waals surface area contributed by atoms with Crippen LogP contribution in [0.25, 0.3) is 0 Å². The third-order valence-corrected chi connectivity index (χ3v) is 2.80. The van der Waals surface area contributed by atoms with Gasteiger partial charge in [-0.25, -0.2) is 0 Å². The van der Waals surface area contributed by atoms with Crippen molar-refractivity contribution in [3.05, 3.63) is 0 Å². The molecule has 0 amide bonds. The Morgan fingerprint density at radius 3 is 2.30 bits per heavy atom. The van der Waals surface area contributed by atoms with Crippen LogP contribution in [0.15, 0.2) is 0 Å². The summed E-state index contributed by atoms with van der Waals surface area (Å²) >= 11 is 0. The van der Waals surface area contributed by atoms with E-state index >= 15 is 0 Å². The first-order chi connectivity index (χ1) is 4.54. The van der Waals surface area contributed by atoms with Crippen molar-refractivity contribution in [3.63, 3.8) is 0 Å². The molecular formula is C9H18O. The van der Waals surface area contributed by atoms with E-state index < -0.39 is 0 Å². The van der Waals surface area contributed by atoms with Crippen LogP contribution >= 0.6 is 0 Å². The maximum atomic E-state index is 9.82. The summed E-state index contributed by atoms with van der Waals surface area (Å²) in [6.45, 7) is 6.37. The van der Waals surface area contributed by atoms with Gasteiger partial charge in [0.2, 0.25) is 0 Å².